The van der Waals surface area contributed by atoms with E-state index < -0.39 is 0 Å². The van der Waals surface area contributed by atoms with Crippen LogP contribution < -0.4 is 5.32 Å². The molecular weight excluding hydrogens is 152 g/mol. The maximum absolute atomic E-state index is 11.4. The van der Waals surface area contributed by atoms with Gasteiger partial charge in [-0.15, -0.1) is 6.58 Å². The lowest BCUT2D eigenvalue weighted by molar-refractivity contribution is -0.130. The Bertz CT molecular complexity index is 160. The van der Waals surface area contributed by atoms with Gasteiger partial charge in [-0.3, -0.25) is 4.79 Å². The fourth-order valence-electron chi connectivity index (χ4n) is 1.35. The van der Waals surface area contributed by atoms with Crippen molar-refractivity contribution in [1.82, 2.24) is 10.2 Å². The summed E-state index contributed by atoms with van der Waals surface area (Å²) in [7, 11) is 0. The van der Waals surface area contributed by atoms with Crippen molar-refractivity contribution in [2.45, 2.75) is 12.8 Å². The second kappa shape index (κ2) is 4.93. The molecule has 1 fully saturated rings. The summed E-state index contributed by atoms with van der Waals surface area (Å²) in [5.74, 6) is 0.203. The van der Waals surface area contributed by atoms with Crippen LogP contribution in [-0.2, 0) is 4.79 Å². The lowest BCUT2D eigenvalue weighted by Gasteiger charge is -2.18. The van der Waals surface area contributed by atoms with E-state index in [1.165, 1.54) is 0 Å². The number of carbonyl (C=O) groups excluding carboxylic acids is 1. The molecule has 0 radical (unpaired) electrons. The molecule has 1 aliphatic rings. The number of amides is 1. The van der Waals surface area contributed by atoms with E-state index in [0.29, 0.717) is 6.42 Å². The molecule has 3 nitrogen and oxygen atoms in total. The second-order valence-electron chi connectivity index (χ2n) is 2.98. The summed E-state index contributed by atoms with van der Waals surface area (Å²) >= 11 is 0. The van der Waals surface area contributed by atoms with Crippen LogP contribution in [-0.4, -0.2) is 37.0 Å². The fraction of sp³-hybridized carbons (Fsp3) is 0.667. The van der Waals surface area contributed by atoms with Crippen LogP contribution in [0.4, 0.5) is 0 Å². The van der Waals surface area contributed by atoms with Gasteiger partial charge in [-0.25, -0.2) is 0 Å². The number of rotatable bonds is 2. The van der Waals surface area contributed by atoms with Gasteiger partial charge in [0, 0.05) is 26.1 Å². The summed E-state index contributed by atoms with van der Waals surface area (Å²) in [6.45, 7) is 7.23. The van der Waals surface area contributed by atoms with E-state index in [0.717, 1.165) is 32.6 Å². The zero-order chi connectivity index (χ0) is 8.81. The molecule has 1 rings (SSSR count). The molecule has 0 aromatic heterocycles. The lowest BCUT2D eigenvalue weighted by Crippen LogP contribution is -2.33. The Hall–Kier alpha value is -0.830. The van der Waals surface area contributed by atoms with Crippen molar-refractivity contribution in [3.05, 3.63) is 12.7 Å². The van der Waals surface area contributed by atoms with Crippen molar-refractivity contribution in [3.8, 4) is 0 Å². The molecule has 12 heavy (non-hydrogen) atoms. The summed E-state index contributed by atoms with van der Waals surface area (Å²) in [6.07, 6.45) is 3.20. The molecule has 0 aromatic carbocycles. The van der Waals surface area contributed by atoms with Gasteiger partial charge < -0.3 is 10.2 Å². The van der Waals surface area contributed by atoms with Gasteiger partial charge in [0.15, 0.2) is 0 Å². The van der Waals surface area contributed by atoms with Gasteiger partial charge in [0.05, 0.1) is 0 Å². The minimum atomic E-state index is 0.203. The van der Waals surface area contributed by atoms with E-state index in [9.17, 15) is 4.79 Å². The average molecular weight is 168 g/mol. The van der Waals surface area contributed by atoms with Crippen LogP contribution >= 0.6 is 0 Å². The fourth-order valence-corrected chi connectivity index (χ4v) is 1.35. The first-order chi connectivity index (χ1) is 5.84. The van der Waals surface area contributed by atoms with Crippen LogP contribution in [0.2, 0.25) is 0 Å². The molecule has 0 spiro atoms. The minimum Gasteiger partial charge on any atom is -0.341 e. The number of nitrogens with zero attached hydrogens (tertiary/aromatic N) is 1. The van der Waals surface area contributed by atoms with Crippen LogP contribution in [0.15, 0.2) is 12.7 Å². The summed E-state index contributed by atoms with van der Waals surface area (Å²) in [5.41, 5.74) is 0. The highest BCUT2D eigenvalue weighted by molar-refractivity contribution is 5.77. The molecule has 0 atom stereocenters. The highest BCUT2D eigenvalue weighted by Gasteiger charge is 2.12. The molecule has 0 aromatic rings. The molecule has 68 valence electrons. The van der Waals surface area contributed by atoms with Gasteiger partial charge in [-0.05, 0) is 13.0 Å². The monoisotopic (exact) mass is 168 g/mol. The Labute approximate surface area is 73.4 Å². The van der Waals surface area contributed by atoms with Gasteiger partial charge >= 0.3 is 0 Å². The van der Waals surface area contributed by atoms with Gasteiger partial charge in [0.2, 0.25) is 5.91 Å². The summed E-state index contributed by atoms with van der Waals surface area (Å²) in [4.78, 5) is 13.3. The Morgan fingerprint density at radius 1 is 1.50 bits per heavy atom. The minimum absolute atomic E-state index is 0.203. The normalized spacial score (nSPS) is 18.5. The Kier molecular flexibility index (Phi) is 3.80. The third kappa shape index (κ3) is 2.66. The summed E-state index contributed by atoms with van der Waals surface area (Å²) in [6, 6.07) is 0. The third-order valence-corrected chi connectivity index (χ3v) is 2.01. The predicted octanol–water partition coefficient (Wildman–Crippen LogP) is 0.384. The van der Waals surface area contributed by atoms with Gasteiger partial charge in [0.25, 0.3) is 0 Å². The highest BCUT2D eigenvalue weighted by Crippen LogP contribution is 1.98. The number of nitrogens with one attached hydrogen (secondary N) is 1. The SMILES string of the molecule is C=CCC(=O)N1CCCNCC1. The third-order valence-electron chi connectivity index (χ3n) is 2.01. The van der Waals surface area contributed by atoms with Crippen LogP contribution in [0.25, 0.3) is 0 Å². The van der Waals surface area contributed by atoms with Crippen molar-refractivity contribution in [2.24, 2.45) is 0 Å². The Balaban J connectivity index is 2.37. The zero-order valence-electron chi connectivity index (χ0n) is 7.38. The molecule has 0 unspecified atom stereocenters. The van der Waals surface area contributed by atoms with E-state index in [-0.39, 0.29) is 5.91 Å². The van der Waals surface area contributed by atoms with E-state index >= 15 is 0 Å². The van der Waals surface area contributed by atoms with Crippen LogP contribution in [0, 0.1) is 0 Å². The van der Waals surface area contributed by atoms with Crippen LogP contribution in [0.5, 0.6) is 0 Å². The van der Waals surface area contributed by atoms with E-state index in [2.05, 4.69) is 11.9 Å². The van der Waals surface area contributed by atoms with E-state index in [4.69, 9.17) is 0 Å². The highest BCUT2D eigenvalue weighted by atomic mass is 16.2. The second-order valence-corrected chi connectivity index (χ2v) is 2.98. The smallest absolute Gasteiger partial charge is 0.226 e. The Morgan fingerprint density at radius 2 is 2.33 bits per heavy atom. The zero-order valence-corrected chi connectivity index (χ0v) is 7.38. The molecule has 1 heterocycles. The molecular formula is C9H16N2O. The molecule has 0 bridgehead atoms. The average Bonchev–Trinajstić information content (AvgIpc) is 2.32. The summed E-state index contributed by atoms with van der Waals surface area (Å²) in [5, 5.41) is 3.25. The first kappa shape index (κ1) is 9.26. The number of hydrogen-bond donors (Lipinski definition) is 1. The first-order valence-electron chi connectivity index (χ1n) is 4.44. The molecule has 0 aliphatic carbocycles. The molecule has 1 saturated heterocycles. The maximum Gasteiger partial charge on any atom is 0.226 e. The van der Waals surface area contributed by atoms with E-state index in [1.54, 1.807) is 6.08 Å². The number of carbonyl (C=O) groups is 1. The molecule has 1 aliphatic heterocycles. The van der Waals surface area contributed by atoms with Gasteiger partial charge in [-0.2, -0.15) is 0 Å². The molecule has 3 heteroatoms. The topological polar surface area (TPSA) is 32.3 Å². The standard InChI is InChI=1S/C9H16N2O/c1-2-4-9(12)11-7-3-5-10-6-8-11/h2,10H,1,3-8H2. The summed E-state index contributed by atoms with van der Waals surface area (Å²) < 4.78 is 0. The van der Waals surface area contributed by atoms with Gasteiger partial charge in [0.1, 0.15) is 0 Å². The molecule has 0 saturated carbocycles. The Morgan fingerprint density at radius 3 is 3.08 bits per heavy atom. The van der Waals surface area contributed by atoms with Crippen molar-refractivity contribution < 1.29 is 4.79 Å². The quantitative estimate of drug-likeness (QED) is 0.605. The largest absolute Gasteiger partial charge is 0.341 e. The predicted molar refractivity (Wildman–Crippen MR) is 48.9 cm³/mol. The lowest BCUT2D eigenvalue weighted by atomic mass is 10.3. The number of hydrogen-bond acceptors (Lipinski definition) is 2. The first-order valence-corrected chi connectivity index (χ1v) is 4.44. The van der Waals surface area contributed by atoms with Crippen LogP contribution in [0.1, 0.15) is 12.8 Å². The van der Waals surface area contributed by atoms with Crippen molar-refractivity contribution in [2.75, 3.05) is 26.2 Å². The van der Waals surface area contributed by atoms with Crippen molar-refractivity contribution in [1.29, 1.82) is 0 Å². The molecule has 1 N–H and O–H groups in total. The molecule has 1 amide bonds. The van der Waals surface area contributed by atoms with Crippen molar-refractivity contribution >= 4 is 5.91 Å². The van der Waals surface area contributed by atoms with Crippen molar-refractivity contribution in [3.63, 3.8) is 0 Å². The maximum atomic E-state index is 11.4. The van der Waals surface area contributed by atoms with Gasteiger partial charge in [-0.1, -0.05) is 6.08 Å². The van der Waals surface area contributed by atoms with E-state index in [1.807, 2.05) is 4.90 Å². The van der Waals surface area contributed by atoms with Crippen LogP contribution in [0.3, 0.4) is 0 Å².